The van der Waals surface area contributed by atoms with Crippen LogP contribution in [0.2, 0.25) is 0 Å². The highest BCUT2D eigenvalue weighted by atomic mass is 35.5. The van der Waals surface area contributed by atoms with E-state index in [4.69, 9.17) is 4.74 Å². The molecule has 2 N–H and O–H groups in total. The minimum Gasteiger partial charge on any atom is -0.369 e. The Labute approximate surface area is 254 Å². The topological polar surface area (TPSA) is 110 Å². The molecule has 0 aliphatic carbocycles. The average molecular weight is 629 g/mol. The lowest BCUT2D eigenvalue weighted by Crippen LogP contribution is -2.36. The number of benzene rings is 2. The largest absolute Gasteiger partial charge is 0.416 e. The number of aryl methyl sites for hydroxylation is 1. The maximum absolute atomic E-state index is 14.4. The normalized spacial score (nSPS) is 16.1. The van der Waals surface area contributed by atoms with E-state index in [0.717, 1.165) is 31.0 Å². The van der Waals surface area contributed by atoms with Crippen LogP contribution in [0.4, 0.5) is 13.2 Å². The van der Waals surface area contributed by atoms with Crippen LogP contribution in [0.3, 0.4) is 0 Å². The van der Waals surface area contributed by atoms with Crippen LogP contribution in [0.5, 0.6) is 0 Å². The number of ether oxygens (including phenoxy) is 1. The van der Waals surface area contributed by atoms with E-state index in [-0.39, 0.29) is 43.0 Å². The van der Waals surface area contributed by atoms with Crippen LogP contribution < -0.4 is 5.32 Å². The molecule has 3 heterocycles. The van der Waals surface area contributed by atoms with Gasteiger partial charge < -0.3 is 15.0 Å². The fourth-order valence-corrected chi connectivity index (χ4v) is 5.05. The van der Waals surface area contributed by atoms with Gasteiger partial charge in [-0.1, -0.05) is 30.3 Å². The fourth-order valence-electron chi connectivity index (χ4n) is 5.05. The van der Waals surface area contributed by atoms with Crippen LogP contribution in [0.15, 0.2) is 42.5 Å². The molecule has 0 saturated carbocycles. The number of hydrogen-bond acceptors (Lipinski definition) is 8. The predicted octanol–water partition coefficient (Wildman–Crippen LogP) is 4.73. The molecule has 4 aromatic rings. The van der Waals surface area contributed by atoms with Gasteiger partial charge in [-0.25, -0.2) is 0 Å². The minimum atomic E-state index is -4.61. The Hall–Kier alpha value is -3.10. The third-order valence-corrected chi connectivity index (χ3v) is 6.89. The molecule has 2 atom stereocenters. The molecular weight excluding hydrogens is 594 g/mol. The van der Waals surface area contributed by atoms with Crippen molar-refractivity contribution in [3.8, 4) is 16.8 Å². The molecule has 1 saturated heterocycles. The Bertz CT molecular complexity index is 1420. The van der Waals surface area contributed by atoms with E-state index < -0.39 is 17.8 Å². The van der Waals surface area contributed by atoms with Crippen LogP contribution in [0.25, 0.3) is 16.8 Å². The number of tetrazole rings is 1. The summed E-state index contributed by atoms with van der Waals surface area (Å²) in [6, 6.07) is 11.6. The number of nitrogens with one attached hydrogen (secondary N) is 2. The van der Waals surface area contributed by atoms with Crippen LogP contribution in [-0.2, 0) is 23.9 Å². The van der Waals surface area contributed by atoms with E-state index in [1.54, 1.807) is 6.92 Å². The molecule has 1 aliphatic rings. The van der Waals surface area contributed by atoms with Crippen LogP contribution in [-0.4, -0.2) is 73.8 Å². The standard InChI is InChI=1S/C27H32F3N9O.2ClH/c1-17-32-36-37-39(17)24-13-19(27(28,29)30)12-21(26(24)18-8-5-4-6-9-18)25(40-20-10-7-11-31-15-20)14-22-23(16-38(2)3)34-35-33-22;;/h4-6,8-9,12-13,20,25,31H,7,10-11,14-16H2,1-3H3,(H,33,34,35);2*1H. The lowest BCUT2D eigenvalue weighted by atomic mass is 9.89. The van der Waals surface area contributed by atoms with Gasteiger partial charge in [-0.2, -0.15) is 33.3 Å². The third kappa shape index (κ3) is 7.64. The minimum absolute atomic E-state index is 0. The second-order valence-corrected chi connectivity index (χ2v) is 10.2. The zero-order valence-electron chi connectivity index (χ0n) is 23.4. The molecule has 15 heteroatoms. The number of H-pyrrole nitrogens is 1. The number of halogens is 5. The SMILES string of the molecule is Cc1nnnn1-c1cc(C(F)(F)F)cc(C(Cc2n[nH]nc2CN(C)C)OC2CCCNC2)c1-c1ccccc1.Cl.Cl. The smallest absolute Gasteiger partial charge is 0.369 e. The maximum Gasteiger partial charge on any atom is 0.416 e. The van der Waals surface area contributed by atoms with Crippen molar-refractivity contribution in [1.29, 1.82) is 0 Å². The molecule has 1 fully saturated rings. The highest BCUT2D eigenvalue weighted by Crippen LogP contribution is 2.42. The zero-order chi connectivity index (χ0) is 28.3. The lowest BCUT2D eigenvalue weighted by molar-refractivity contribution is -0.137. The number of aromatic amines is 1. The van der Waals surface area contributed by atoms with Gasteiger partial charge in [0.15, 0.2) is 5.82 Å². The first-order valence-electron chi connectivity index (χ1n) is 13.2. The number of piperidine rings is 1. The Morgan fingerprint density at radius 1 is 1.10 bits per heavy atom. The molecule has 0 spiro atoms. The number of aromatic nitrogens is 7. The van der Waals surface area contributed by atoms with Gasteiger partial charge >= 0.3 is 6.18 Å². The molecule has 0 radical (unpaired) electrons. The molecule has 2 unspecified atom stereocenters. The Balaban J connectivity index is 0.00000242. The maximum atomic E-state index is 14.4. The van der Waals surface area contributed by atoms with Gasteiger partial charge in [-0.05, 0) is 74.1 Å². The first kappa shape index (κ1) is 33.4. The molecule has 5 rings (SSSR count). The van der Waals surface area contributed by atoms with E-state index >= 15 is 0 Å². The van der Waals surface area contributed by atoms with Crippen molar-refractivity contribution in [2.75, 3.05) is 27.2 Å². The third-order valence-electron chi connectivity index (χ3n) is 6.89. The highest BCUT2D eigenvalue weighted by molar-refractivity contribution is 5.85. The van der Waals surface area contributed by atoms with Gasteiger partial charge in [0, 0.05) is 25.1 Å². The van der Waals surface area contributed by atoms with Gasteiger partial charge in [-0.3, -0.25) is 0 Å². The first-order valence-corrected chi connectivity index (χ1v) is 13.2. The summed E-state index contributed by atoms with van der Waals surface area (Å²) < 4.78 is 51.2. The van der Waals surface area contributed by atoms with Gasteiger partial charge in [0.1, 0.15) is 0 Å². The Morgan fingerprint density at radius 3 is 2.45 bits per heavy atom. The fraction of sp³-hybridized carbons (Fsp3) is 0.444. The van der Waals surface area contributed by atoms with Crippen molar-refractivity contribution in [1.82, 2.24) is 45.8 Å². The molecule has 2 aromatic heterocycles. The quantitative estimate of drug-likeness (QED) is 0.274. The molecular formula is C27H34Cl2F3N9O. The van der Waals surface area contributed by atoms with Crippen molar-refractivity contribution >= 4 is 24.8 Å². The molecule has 0 amide bonds. The van der Waals surface area contributed by atoms with Crippen molar-refractivity contribution in [2.24, 2.45) is 0 Å². The zero-order valence-corrected chi connectivity index (χ0v) is 25.1. The first-order chi connectivity index (χ1) is 19.2. The van der Waals surface area contributed by atoms with Crippen molar-refractivity contribution < 1.29 is 17.9 Å². The van der Waals surface area contributed by atoms with Crippen molar-refractivity contribution in [3.63, 3.8) is 0 Å². The Kier molecular flexibility index (Phi) is 11.4. The van der Waals surface area contributed by atoms with E-state index in [2.05, 4.69) is 36.3 Å². The monoisotopic (exact) mass is 627 g/mol. The average Bonchev–Trinajstić information content (AvgIpc) is 3.56. The molecule has 42 heavy (non-hydrogen) atoms. The molecule has 228 valence electrons. The number of rotatable bonds is 9. The van der Waals surface area contributed by atoms with Crippen LogP contribution in [0.1, 0.15) is 47.3 Å². The molecule has 0 bridgehead atoms. The number of alkyl halides is 3. The molecule has 1 aliphatic heterocycles. The summed E-state index contributed by atoms with van der Waals surface area (Å²) >= 11 is 0. The summed E-state index contributed by atoms with van der Waals surface area (Å²) in [7, 11) is 3.84. The number of nitrogens with zero attached hydrogens (tertiary/aromatic N) is 7. The summed E-state index contributed by atoms with van der Waals surface area (Å²) in [6.45, 7) is 3.66. The molecule has 2 aromatic carbocycles. The van der Waals surface area contributed by atoms with E-state index in [0.29, 0.717) is 41.4 Å². The van der Waals surface area contributed by atoms with Gasteiger partial charge in [-0.15, -0.1) is 29.9 Å². The number of hydrogen-bond donors (Lipinski definition) is 2. The van der Waals surface area contributed by atoms with E-state index in [1.165, 1.54) is 10.7 Å². The highest BCUT2D eigenvalue weighted by Gasteiger charge is 2.35. The second kappa shape index (κ2) is 14.4. The second-order valence-electron chi connectivity index (χ2n) is 10.2. The predicted molar refractivity (Wildman–Crippen MR) is 156 cm³/mol. The summed E-state index contributed by atoms with van der Waals surface area (Å²) in [5.41, 5.74) is 2.44. The van der Waals surface area contributed by atoms with Crippen LogP contribution in [0, 0.1) is 6.92 Å². The van der Waals surface area contributed by atoms with Gasteiger partial charge in [0.2, 0.25) is 0 Å². The van der Waals surface area contributed by atoms with E-state index in [1.807, 2.05) is 49.3 Å². The summed E-state index contributed by atoms with van der Waals surface area (Å²) in [5, 5.41) is 26.4. The van der Waals surface area contributed by atoms with Gasteiger partial charge in [0.05, 0.1) is 34.8 Å². The lowest BCUT2D eigenvalue weighted by Gasteiger charge is -2.30. The van der Waals surface area contributed by atoms with E-state index in [9.17, 15) is 13.2 Å². The molecule has 10 nitrogen and oxygen atoms in total. The Morgan fingerprint density at radius 2 is 1.83 bits per heavy atom. The van der Waals surface area contributed by atoms with Gasteiger partial charge in [0.25, 0.3) is 0 Å². The summed E-state index contributed by atoms with van der Waals surface area (Å²) in [6.07, 6.45) is -3.61. The van der Waals surface area contributed by atoms with Crippen molar-refractivity contribution in [3.05, 3.63) is 70.8 Å². The van der Waals surface area contributed by atoms with Crippen LogP contribution >= 0.6 is 24.8 Å². The summed E-state index contributed by atoms with van der Waals surface area (Å²) in [5.74, 6) is 0.362. The summed E-state index contributed by atoms with van der Waals surface area (Å²) in [4.78, 5) is 1.96. The van der Waals surface area contributed by atoms with Crippen molar-refractivity contribution in [2.45, 2.75) is 51.1 Å².